The number of nitrogens with zero attached hydrogens (tertiary/aromatic N) is 4. The first kappa shape index (κ1) is 13.0. The van der Waals surface area contributed by atoms with Gasteiger partial charge in [-0.1, -0.05) is 11.6 Å². The second kappa shape index (κ2) is 5.56. The van der Waals surface area contributed by atoms with E-state index in [1.54, 1.807) is 12.3 Å². The fraction of sp³-hybridized carbons (Fsp3) is 0.333. The number of anilines is 1. The third kappa shape index (κ3) is 2.63. The molecule has 0 amide bonds. The maximum atomic E-state index is 11.8. The summed E-state index contributed by atoms with van der Waals surface area (Å²) < 4.78 is 6.85. The van der Waals surface area contributed by atoms with Gasteiger partial charge in [-0.15, -0.1) is 0 Å². The van der Waals surface area contributed by atoms with E-state index in [0.29, 0.717) is 24.2 Å². The van der Waals surface area contributed by atoms with Gasteiger partial charge in [0, 0.05) is 12.3 Å². The topological polar surface area (TPSA) is 81.9 Å². The van der Waals surface area contributed by atoms with E-state index in [0.717, 1.165) is 0 Å². The fourth-order valence-corrected chi connectivity index (χ4v) is 2.19. The van der Waals surface area contributed by atoms with Crippen LogP contribution in [0.2, 0.25) is 5.02 Å². The molecule has 3 heterocycles. The molecule has 0 aliphatic carbocycles. The van der Waals surface area contributed by atoms with Crippen molar-refractivity contribution in [2.75, 3.05) is 18.5 Å². The van der Waals surface area contributed by atoms with Gasteiger partial charge in [-0.2, -0.15) is 5.10 Å². The largest absolute Gasteiger partial charge is 0.377 e. The Morgan fingerprint density at radius 3 is 2.90 bits per heavy atom. The lowest BCUT2D eigenvalue weighted by molar-refractivity contribution is 0.182. The van der Waals surface area contributed by atoms with Crippen molar-refractivity contribution < 1.29 is 4.74 Å². The van der Waals surface area contributed by atoms with E-state index in [4.69, 9.17) is 16.3 Å². The molecular weight excluding hydrogens is 282 g/mol. The van der Waals surface area contributed by atoms with E-state index in [2.05, 4.69) is 20.4 Å². The Hall–Kier alpha value is -1.99. The van der Waals surface area contributed by atoms with Crippen LogP contribution in [0.1, 0.15) is 6.04 Å². The summed E-state index contributed by atoms with van der Waals surface area (Å²) in [5.74, 6) is 0.443. The molecule has 1 fully saturated rings. The number of rotatable bonds is 3. The van der Waals surface area contributed by atoms with Crippen molar-refractivity contribution in [3.05, 3.63) is 46.1 Å². The van der Waals surface area contributed by atoms with Crippen LogP contribution < -0.4 is 10.9 Å². The molecule has 0 aromatic carbocycles. The normalized spacial score (nSPS) is 21.9. The van der Waals surface area contributed by atoms with Gasteiger partial charge in [0.15, 0.2) is 0 Å². The molecule has 8 heteroatoms. The maximum Gasteiger partial charge on any atom is 0.267 e. The van der Waals surface area contributed by atoms with Gasteiger partial charge in [0.1, 0.15) is 6.04 Å². The minimum Gasteiger partial charge on any atom is -0.377 e. The summed E-state index contributed by atoms with van der Waals surface area (Å²) in [5, 5.41) is 7.70. The third-order valence-corrected chi connectivity index (χ3v) is 3.24. The third-order valence-electron chi connectivity index (χ3n) is 3.04. The zero-order valence-electron chi connectivity index (χ0n) is 10.4. The Morgan fingerprint density at radius 1 is 1.35 bits per heavy atom. The molecule has 104 valence electrons. The van der Waals surface area contributed by atoms with Crippen molar-refractivity contribution in [3.63, 3.8) is 0 Å². The summed E-state index contributed by atoms with van der Waals surface area (Å²) in [6.07, 6.45) is 4.60. The minimum absolute atomic E-state index is 0.122. The van der Waals surface area contributed by atoms with Gasteiger partial charge in [0.05, 0.1) is 36.7 Å². The fourth-order valence-electron chi connectivity index (χ4n) is 2.09. The molecule has 1 aliphatic rings. The van der Waals surface area contributed by atoms with Crippen LogP contribution in [-0.4, -0.2) is 39.0 Å². The number of nitrogens with one attached hydrogen (secondary N) is 1. The van der Waals surface area contributed by atoms with Crippen LogP contribution >= 0.6 is 11.6 Å². The average molecular weight is 294 g/mol. The summed E-state index contributed by atoms with van der Waals surface area (Å²) >= 11 is 5.74. The molecule has 3 rings (SSSR count). The second-order valence-corrected chi connectivity index (χ2v) is 4.82. The van der Waals surface area contributed by atoms with E-state index in [-0.39, 0.29) is 17.6 Å². The van der Waals surface area contributed by atoms with Crippen molar-refractivity contribution in [2.24, 2.45) is 0 Å². The van der Waals surface area contributed by atoms with Crippen LogP contribution in [0.4, 0.5) is 5.95 Å². The van der Waals surface area contributed by atoms with Crippen molar-refractivity contribution in [3.8, 4) is 0 Å². The van der Waals surface area contributed by atoms with Gasteiger partial charge in [-0.25, -0.2) is 14.6 Å². The predicted molar refractivity (Wildman–Crippen MR) is 72.8 cm³/mol. The lowest BCUT2D eigenvalue weighted by Gasteiger charge is -2.19. The van der Waals surface area contributed by atoms with E-state index >= 15 is 0 Å². The first-order valence-corrected chi connectivity index (χ1v) is 6.47. The van der Waals surface area contributed by atoms with E-state index in [1.807, 2.05) is 0 Å². The average Bonchev–Trinajstić information content (AvgIpc) is 2.90. The molecule has 0 saturated carbocycles. The molecular formula is C12H12ClN5O2. The van der Waals surface area contributed by atoms with Gasteiger partial charge < -0.3 is 10.1 Å². The molecule has 2 atom stereocenters. The van der Waals surface area contributed by atoms with E-state index in [9.17, 15) is 4.79 Å². The van der Waals surface area contributed by atoms with E-state index < -0.39 is 0 Å². The highest BCUT2D eigenvalue weighted by atomic mass is 35.5. The molecule has 1 N–H and O–H groups in total. The molecule has 2 aromatic heterocycles. The Labute approximate surface area is 119 Å². The van der Waals surface area contributed by atoms with Crippen LogP contribution in [0.15, 0.2) is 35.5 Å². The SMILES string of the molecule is O=c1cccnn1C1COCC1Nc1ncc(Cl)cn1. The Morgan fingerprint density at radius 2 is 2.15 bits per heavy atom. The quantitative estimate of drug-likeness (QED) is 0.899. The number of halogens is 1. The molecule has 7 nitrogen and oxygen atoms in total. The molecule has 2 unspecified atom stereocenters. The standard InChI is InChI=1S/C12H12ClN5O2/c13-8-4-14-12(15-5-8)17-9-6-20-7-10(9)18-11(19)2-1-3-16-18/h1-5,9-10H,6-7H2,(H,14,15,17). The van der Waals surface area contributed by atoms with Crippen LogP contribution in [-0.2, 0) is 4.74 Å². The van der Waals surface area contributed by atoms with Crippen LogP contribution in [0, 0.1) is 0 Å². The van der Waals surface area contributed by atoms with Gasteiger partial charge in [-0.3, -0.25) is 4.79 Å². The number of ether oxygens (including phenoxy) is 1. The monoisotopic (exact) mass is 293 g/mol. The van der Waals surface area contributed by atoms with Crippen LogP contribution in [0.5, 0.6) is 0 Å². The van der Waals surface area contributed by atoms with Gasteiger partial charge >= 0.3 is 0 Å². The van der Waals surface area contributed by atoms with Crippen molar-refractivity contribution in [2.45, 2.75) is 12.1 Å². The first-order valence-electron chi connectivity index (χ1n) is 6.10. The molecule has 20 heavy (non-hydrogen) atoms. The molecule has 0 spiro atoms. The number of hydrogen-bond donors (Lipinski definition) is 1. The summed E-state index contributed by atoms with van der Waals surface area (Å²) in [7, 11) is 0. The van der Waals surface area contributed by atoms with Crippen molar-refractivity contribution >= 4 is 17.5 Å². The Balaban J connectivity index is 1.81. The minimum atomic E-state index is -0.192. The summed E-state index contributed by atoms with van der Waals surface area (Å²) in [6, 6.07) is 2.77. The first-order chi connectivity index (χ1) is 9.74. The summed E-state index contributed by atoms with van der Waals surface area (Å²) in [6.45, 7) is 0.877. The number of hydrogen-bond acceptors (Lipinski definition) is 6. The highest BCUT2D eigenvalue weighted by Gasteiger charge is 2.31. The smallest absolute Gasteiger partial charge is 0.267 e. The van der Waals surface area contributed by atoms with Crippen LogP contribution in [0.25, 0.3) is 0 Å². The predicted octanol–water partition coefficient (Wildman–Crippen LogP) is 0.739. The van der Waals surface area contributed by atoms with Crippen molar-refractivity contribution in [1.82, 2.24) is 19.7 Å². The van der Waals surface area contributed by atoms with Gasteiger partial charge in [0.25, 0.3) is 5.56 Å². The molecule has 0 bridgehead atoms. The van der Waals surface area contributed by atoms with Gasteiger partial charge in [-0.05, 0) is 6.07 Å². The van der Waals surface area contributed by atoms with Gasteiger partial charge in [0.2, 0.25) is 5.95 Å². The lowest BCUT2D eigenvalue weighted by Crippen LogP contribution is -2.37. The van der Waals surface area contributed by atoms with Crippen molar-refractivity contribution in [1.29, 1.82) is 0 Å². The zero-order chi connectivity index (χ0) is 13.9. The lowest BCUT2D eigenvalue weighted by atomic mass is 10.2. The zero-order valence-corrected chi connectivity index (χ0v) is 11.2. The Bertz CT molecular complexity index is 645. The second-order valence-electron chi connectivity index (χ2n) is 4.39. The molecule has 1 saturated heterocycles. The van der Waals surface area contributed by atoms with Crippen LogP contribution in [0.3, 0.4) is 0 Å². The highest BCUT2D eigenvalue weighted by molar-refractivity contribution is 6.30. The molecule has 1 aliphatic heterocycles. The summed E-state index contributed by atoms with van der Waals surface area (Å²) in [5.41, 5.74) is -0.160. The van der Waals surface area contributed by atoms with E-state index in [1.165, 1.54) is 23.1 Å². The molecule has 2 aromatic rings. The maximum absolute atomic E-state index is 11.8. The number of aromatic nitrogens is 4. The highest BCUT2D eigenvalue weighted by Crippen LogP contribution is 2.20. The summed E-state index contributed by atoms with van der Waals surface area (Å²) in [4.78, 5) is 20.0. The molecule has 0 radical (unpaired) electrons. The Kier molecular flexibility index (Phi) is 3.62.